The Hall–Kier alpha value is -2.42. The van der Waals surface area contributed by atoms with Crippen molar-refractivity contribution in [2.75, 3.05) is 37.7 Å². The summed E-state index contributed by atoms with van der Waals surface area (Å²) in [4.78, 5) is 31.2. The van der Waals surface area contributed by atoms with E-state index in [4.69, 9.17) is 31.3 Å². The number of carbonyl (C=O) groups excluding carboxylic acids is 1. The summed E-state index contributed by atoms with van der Waals surface area (Å²) in [5.74, 6) is 2.63. The molecule has 3 fully saturated rings. The molecule has 8 nitrogen and oxygen atoms in total. The van der Waals surface area contributed by atoms with Crippen molar-refractivity contribution < 1.29 is 9.53 Å². The maximum atomic E-state index is 12.1. The van der Waals surface area contributed by atoms with Crippen LogP contribution in [0.3, 0.4) is 0 Å². The Kier molecular flexibility index (Phi) is 5.93. The molecule has 2 unspecified atom stereocenters. The Balaban J connectivity index is 0.00000228. The first kappa shape index (κ1) is 22.4. The normalized spacial score (nSPS) is 22.7. The average Bonchev–Trinajstić information content (AvgIpc) is 3.52. The minimum absolute atomic E-state index is 0. The van der Waals surface area contributed by atoms with Crippen molar-refractivity contribution >= 4 is 46.9 Å². The molecule has 1 amide bonds. The number of amides is 1. The Morgan fingerprint density at radius 2 is 1.94 bits per heavy atom. The number of rotatable bonds is 3. The molecule has 0 bridgehead atoms. The number of halogens is 2. The summed E-state index contributed by atoms with van der Waals surface area (Å²) in [6, 6.07) is 8.19. The molecule has 5 heterocycles. The number of aromatic nitrogens is 4. The van der Waals surface area contributed by atoms with Crippen LogP contribution < -0.4 is 4.90 Å². The number of aryl methyl sites for hydroxylation is 1. The van der Waals surface area contributed by atoms with Crippen molar-refractivity contribution in [1.29, 1.82) is 0 Å². The van der Waals surface area contributed by atoms with Gasteiger partial charge in [0, 0.05) is 44.3 Å². The first-order valence-corrected chi connectivity index (χ1v) is 11.6. The fraction of sp³-hybridized carbons (Fsp3) is 0.478. The quantitative estimate of drug-likeness (QED) is 0.559. The number of nitrogens with zero attached hydrogens (tertiary/aromatic N) is 6. The lowest BCUT2D eigenvalue weighted by Gasteiger charge is -2.38. The van der Waals surface area contributed by atoms with Gasteiger partial charge in [-0.3, -0.25) is 4.79 Å². The van der Waals surface area contributed by atoms with Gasteiger partial charge in [0.05, 0.1) is 17.7 Å². The number of fused-ring (bicyclic) bond motifs is 2. The molecule has 0 saturated carbocycles. The van der Waals surface area contributed by atoms with Gasteiger partial charge in [-0.2, -0.15) is 0 Å². The van der Waals surface area contributed by atoms with E-state index in [0.717, 1.165) is 67.5 Å². The van der Waals surface area contributed by atoms with Crippen LogP contribution in [0, 0.1) is 6.92 Å². The standard InChI is InChI=1S/C23H25ClN6O2.ClH/c1-14-25-22(28-9-10-29-15(12-28)6-7-19(29)31)20-23(26-14)30(16-8-11-32-13-16)21(27-20)17-4-2-3-5-18(17)24;/h2-5,15-16H,6-13H2,1H3;1H. The lowest BCUT2D eigenvalue weighted by atomic mass is 10.1. The second-order valence-electron chi connectivity index (χ2n) is 8.79. The van der Waals surface area contributed by atoms with Crippen molar-refractivity contribution in [3.05, 3.63) is 35.1 Å². The zero-order valence-electron chi connectivity index (χ0n) is 18.4. The van der Waals surface area contributed by atoms with Gasteiger partial charge in [-0.1, -0.05) is 23.7 Å². The number of piperazine rings is 1. The highest BCUT2D eigenvalue weighted by atomic mass is 35.5. The van der Waals surface area contributed by atoms with Crippen LogP contribution in [0.4, 0.5) is 5.82 Å². The number of anilines is 1. The molecule has 3 aliphatic heterocycles. The molecule has 1 aromatic carbocycles. The topological polar surface area (TPSA) is 76.4 Å². The van der Waals surface area contributed by atoms with Gasteiger partial charge in [-0.05, 0) is 31.9 Å². The van der Waals surface area contributed by atoms with Crippen LogP contribution in [0.15, 0.2) is 24.3 Å². The lowest BCUT2D eigenvalue weighted by molar-refractivity contribution is -0.129. The molecule has 0 N–H and O–H groups in total. The highest BCUT2D eigenvalue weighted by Gasteiger charge is 2.37. The maximum absolute atomic E-state index is 12.1. The van der Waals surface area contributed by atoms with Gasteiger partial charge in [0.15, 0.2) is 17.0 Å². The van der Waals surface area contributed by atoms with Crippen LogP contribution in [0.5, 0.6) is 0 Å². The Morgan fingerprint density at radius 1 is 1.09 bits per heavy atom. The van der Waals surface area contributed by atoms with E-state index >= 15 is 0 Å². The van der Waals surface area contributed by atoms with Gasteiger partial charge < -0.3 is 19.1 Å². The zero-order chi connectivity index (χ0) is 21.8. The summed E-state index contributed by atoms with van der Waals surface area (Å²) in [6.45, 7) is 5.52. The molecule has 3 aliphatic rings. The van der Waals surface area contributed by atoms with Crippen molar-refractivity contribution in [3.63, 3.8) is 0 Å². The van der Waals surface area contributed by atoms with Gasteiger partial charge in [0.1, 0.15) is 11.6 Å². The third kappa shape index (κ3) is 3.74. The van der Waals surface area contributed by atoms with Gasteiger partial charge in [0.2, 0.25) is 5.91 Å². The van der Waals surface area contributed by atoms with Crippen molar-refractivity contribution in [2.24, 2.45) is 0 Å². The van der Waals surface area contributed by atoms with Gasteiger partial charge in [-0.15, -0.1) is 12.4 Å². The molecule has 33 heavy (non-hydrogen) atoms. The van der Waals surface area contributed by atoms with Crippen LogP contribution in [0.2, 0.25) is 5.02 Å². The summed E-state index contributed by atoms with van der Waals surface area (Å²) in [7, 11) is 0. The second-order valence-corrected chi connectivity index (χ2v) is 9.20. The SMILES string of the molecule is Cc1nc(N2CCN3C(=O)CCC3C2)c2nc(-c3ccccc3Cl)n(C3CCOC3)c2n1.Cl. The van der Waals surface area contributed by atoms with Crippen LogP contribution in [-0.4, -0.2) is 69.2 Å². The predicted octanol–water partition coefficient (Wildman–Crippen LogP) is 3.65. The number of hydrogen-bond acceptors (Lipinski definition) is 6. The Morgan fingerprint density at radius 3 is 2.73 bits per heavy atom. The summed E-state index contributed by atoms with van der Waals surface area (Å²) in [5.41, 5.74) is 2.49. The maximum Gasteiger partial charge on any atom is 0.223 e. The molecular formula is C23H26Cl2N6O2. The van der Waals surface area contributed by atoms with E-state index in [1.165, 1.54) is 0 Å². The largest absolute Gasteiger partial charge is 0.379 e. The first-order valence-electron chi connectivity index (χ1n) is 11.2. The Bertz CT molecular complexity index is 1210. The molecule has 174 valence electrons. The molecular weight excluding hydrogens is 463 g/mol. The number of benzene rings is 1. The lowest BCUT2D eigenvalue weighted by Crippen LogP contribution is -2.51. The molecule has 0 aliphatic carbocycles. The third-order valence-electron chi connectivity index (χ3n) is 6.81. The summed E-state index contributed by atoms with van der Waals surface area (Å²) >= 11 is 6.59. The smallest absolute Gasteiger partial charge is 0.223 e. The highest BCUT2D eigenvalue weighted by Crippen LogP contribution is 2.37. The van der Waals surface area contributed by atoms with Gasteiger partial charge >= 0.3 is 0 Å². The Labute approximate surface area is 203 Å². The van der Waals surface area contributed by atoms with E-state index in [-0.39, 0.29) is 30.4 Å². The number of carbonyl (C=O) groups is 1. The van der Waals surface area contributed by atoms with Gasteiger partial charge in [0.25, 0.3) is 0 Å². The van der Waals surface area contributed by atoms with Crippen molar-refractivity contribution in [2.45, 2.75) is 38.3 Å². The minimum Gasteiger partial charge on any atom is -0.379 e. The number of imidazole rings is 1. The van der Waals surface area contributed by atoms with Crippen molar-refractivity contribution in [1.82, 2.24) is 24.4 Å². The van der Waals surface area contributed by atoms with E-state index in [1.807, 2.05) is 36.1 Å². The molecule has 6 rings (SSSR count). The minimum atomic E-state index is 0. The second kappa shape index (κ2) is 8.74. The van der Waals surface area contributed by atoms with Crippen LogP contribution in [0.1, 0.15) is 31.1 Å². The van der Waals surface area contributed by atoms with Crippen LogP contribution >= 0.6 is 24.0 Å². The summed E-state index contributed by atoms with van der Waals surface area (Å²) in [5, 5.41) is 0.660. The molecule has 0 radical (unpaired) electrons. The van der Waals surface area contributed by atoms with Crippen molar-refractivity contribution in [3.8, 4) is 11.4 Å². The number of hydrogen-bond donors (Lipinski definition) is 0. The monoisotopic (exact) mass is 488 g/mol. The molecule has 3 saturated heterocycles. The van der Waals surface area contributed by atoms with E-state index in [1.54, 1.807) is 0 Å². The van der Waals surface area contributed by atoms with Crippen LogP contribution in [-0.2, 0) is 9.53 Å². The molecule has 2 aromatic heterocycles. The zero-order valence-corrected chi connectivity index (χ0v) is 20.0. The van der Waals surface area contributed by atoms with Crippen LogP contribution in [0.25, 0.3) is 22.6 Å². The predicted molar refractivity (Wildman–Crippen MR) is 129 cm³/mol. The average molecular weight is 489 g/mol. The van der Waals surface area contributed by atoms with E-state index in [9.17, 15) is 4.79 Å². The molecule has 3 aromatic rings. The molecule has 10 heteroatoms. The highest BCUT2D eigenvalue weighted by molar-refractivity contribution is 6.33. The molecule has 0 spiro atoms. The molecule has 2 atom stereocenters. The van der Waals surface area contributed by atoms with E-state index in [2.05, 4.69) is 9.47 Å². The van der Waals surface area contributed by atoms with Gasteiger partial charge in [-0.25, -0.2) is 15.0 Å². The third-order valence-corrected chi connectivity index (χ3v) is 7.14. The summed E-state index contributed by atoms with van der Waals surface area (Å²) in [6.07, 6.45) is 2.45. The van der Waals surface area contributed by atoms with E-state index in [0.29, 0.717) is 23.9 Å². The fourth-order valence-electron chi connectivity index (χ4n) is 5.25. The fourth-order valence-corrected chi connectivity index (χ4v) is 5.47. The van der Waals surface area contributed by atoms with E-state index < -0.39 is 0 Å². The summed E-state index contributed by atoms with van der Waals surface area (Å²) < 4.78 is 7.90. The first-order chi connectivity index (χ1) is 15.6. The number of ether oxygens (including phenoxy) is 1.